The molecule has 1 saturated heterocycles. The van der Waals surface area contributed by atoms with Crippen LogP contribution < -0.4 is 10.2 Å². The van der Waals surface area contributed by atoms with Crippen molar-refractivity contribution in [1.82, 2.24) is 25.0 Å². The van der Waals surface area contributed by atoms with E-state index in [1.165, 1.54) is 18.5 Å². The molecule has 0 unspecified atom stereocenters. The maximum atomic E-state index is 12.6. The molecule has 1 aliphatic rings. The summed E-state index contributed by atoms with van der Waals surface area (Å²) in [7, 11) is 1.75. The van der Waals surface area contributed by atoms with E-state index in [2.05, 4.69) is 25.6 Å². The zero-order valence-electron chi connectivity index (χ0n) is 13.2. The molecule has 130 valence electrons. The largest absolute Gasteiger partial charge is 0.416 e. The number of benzene rings is 1. The van der Waals surface area contributed by atoms with Gasteiger partial charge in [-0.15, -0.1) is 5.10 Å². The zero-order valence-corrected chi connectivity index (χ0v) is 13.2. The van der Waals surface area contributed by atoms with Gasteiger partial charge < -0.3 is 10.2 Å². The first kappa shape index (κ1) is 15.6. The minimum absolute atomic E-state index is 0.127. The molecule has 0 atom stereocenters. The molecule has 0 aliphatic carbocycles. The van der Waals surface area contributed by atoms with Gasteiger partial charge in [0.25, 0.3) is 0 Å². The van der Waals surface area contributed by atoms with Gasteiger partial charge in [-0.3, -0.25) is 0 Å². The second-order valence-electron chi connectivity index (χ2n) is 5.90. The third kappa shape index (κ3) is 2.83. The van der Waals surface area contributed by atoms with Crippen LogP contribution in [0, 0.1) is 0 Å². The summed E-state index contributed by atoms with van der Waals surface area (Å²) in [5.41, 5.74) is 1.35. The molecule has 0 amide bonds. The second kappa shape index (κ2) is 5.57. The Morgan fingerprint density at radius 1 is 1.12 bits per heavy atom. The highest BCUT2D eigenvalue weighted by atomic mass is 19.4. The lowest BCUT2D eigenvalue weighted by Gasteiger charge is -2.41. The van der Waals surface area contributed by atoms with Crippen LogP contribution in [-0.2, 0) is 13.2 Å². The summed E-state index contributed by atoms with van der Waals surface area (Å²) in [6, 6.07) is 5.31. The molecule has 10 heteroatoms. The Balaban J connectivity index is 1.42. The molecule has 25 heavy (non-hydrogen) atoms. The van der Waals surface area contributed by atoms with Crippen LogP contribution in [0.4, 0.5) is 24.7 Å². The second-order valence-corrected chi connectivity index (χ2v) is 5.90. The van der Waals surface area contributed by atoms with E-state index >= 15 is 0 Å². The van der Waals surface area contributed by atoms with Crippen LogP contribution in [0.5, 0.6) is 0 Å². The fraction of sp³-hybridized carbons (Fsp3) is 0.333. The highest BCUT2D eigenvalue weighted by Gasteiger charge is 2.32. The fourth-order valence-corrected chi connectivity index (χ4v) is 2.79. The normalized spacial score (nSPS) is 15.4. The van der Waals surface area contributed by atoms with Gasteiger partial charge in [0.05, 0.1) is 11.6 Å². The Bertz CT molecular complexity index is 898. The third-order valence-corrected chi connectivity index (χ3v) is 4.17. The zero-order chi connectivity index (χ0) is 17.6. The summed E-state index contributed by atoms with van der Waals surface area (Å²) in [5.74, 6) is 0.607. The summed E-state index contributed by atoms with van der Waals surface area (Å²) < 4.78 is 39.4. The van der Waals surface area contributed by atoms with Crippen molar-refractivity contribution in [3.63, 3.8) is 0 Å². The average Bonchev–Trinajstić information content (AvgIpc) is 2.92. The summed E-state index contributed by atoms with van der Waals surface area (Å²) in [6.45, 7) is 1.33. The van der Waals surface area contributed by atoms with Gasteiger partial charge >= 0.3 is 6.18 Å². The summed E-state index contributed by atoms with van der Waals surface area (Å²) in [6.07, 6.45) is -2.87. The SMILES string of the molecule is Cn1nnc2c(NC3CN(c4ccc(C(F)(F)F)cc4)C3)ncnc21. The number of aryl methyl sites for hydroxylation is 1. The Kier molecular flexibility index (Phi) is 3.48. The molecule has 4 rings (SSSR count). The van der Waals surface area contributed by atoms with E-state index in [9.17, 15) is 13.2 Å². The highest BCUT2D eigenvalue weighted by molar-refractivity contribution is 5.82. The van der Waals surface area contributed by atoms with Gasteiger partial charge in [-0.2, -0.15) is 13.2 Å². The van der Waals surface area contributed by atoms with Crippen molar-refractivity contribution in [1.29, 1.82) is 0 Å². The number of alkyl halides is 3. The molecule has 1 aliphatic heterocycles. The number of anilines is 2. The van der Waals surface area contributed by atoms with Crippen molar-refractivity contribution >= 4 is 22.7 Å². The van der Waals surface area contributed by atoms with Crippen molar-refractivity contribution in [2.45, 2.75) is 12.2 Å². The number of hydrogen-bond acceptors (Lipinski definition) is 6. The summed E-state index contributed by atoms with van der Waals surface area (Å²) >= 11 is 0. The van der Waals surface area contributed by atoms with E-state index in [4.69, 9.17) is 0 Å². The lowest BCUT2D eigenvalue weighted by atomic mass is 10.1. The Hall–Kier alpha value is -2.91. The van der Waals surface area contributed by atoms with Crippen molar-refractivity contribution in [2.75, 3.05) is 23.3 Å². The summed E-state index contributed by atoms with van der Waals surface area (Å²) in [4.78, 5) is 10.3. The number of rotatable bonds is 3. The Morgan fingerprint density at radius 3 is 2.52 bits per heavy atom. The smallest absolute Gasteiger partial charge is 0.367 e. The van der Waals surface area contributed by atoms with Crippen LogP contribution in [-0.4, -0.2) is 44.1 Å². The van der Waals surface area contributed by atoms with Crippen molar-refractivity contribution in [2.24, 2.45) is 7.05 Å². The van der Waals surface area contributed by atoms with Crippen LogP contribution in [0.25, 0.3) is 11.2 Å². The van der Waals surface area contributed by atoms with E-state index in [1.54, 1.807) is 11.7 Å². The van der Waals surface area contributed by atoms with Gasteiger partial charge in [0.1, 0.15) is 6.33 Å². The van der Waals surface area contributed by atoms with E-state index in [1.807, 2.05) is 4.90 Å². The van der Waals surface area contributed by atoms with E-state index in [-0.39, 0.29) is 6.04 Å². The van der Waals surface area contributed by atoms with Crippen LogP contribution in [0.1, 0.15) is 5.56 Å². The number of halogens is 3. The Labute approximate surface area is 140 Å². The monoisotopic (exact) mass is 349 g/mol. The molecular formula is C15H14F3N7. The molecule has 1 fully saturated rings. The molecule has 0 bridgehead atoms. The van der Waals surface area contributed by atoms with Crippen molar-refractivity contribution in [3.05, 3.63) is 36.2 Å². The molecule has 0 spiro atoms. The van der Waals surface area contributed by atoms with Gasteiger partial charge in [0.2, 0.25) is 0 Å². The molecule has 1 N–H and O–H groups in total. The van der Waals surface area contributed by atoms with Crippen LogP contribution in [0.15, 0.2) is 30.6 Å². The fourth-order valence-electron chi connectivity index (χ4n) is 2.79. The first-order valence-corrected chi connectivity index (χ1v) is 7.61. The molecule has 0 saturated carbocycles. The van der Waals surface area contributed by atoms with Crippen LogP contribution >= 0.6 is 0 Å². The molecule has 2 aromatic heterocycles. The molecule has 3 heterocycles. The van der Waals surface area contributed by atoms with Gasteiger partial charge in [-0.25, -0.2) is 14.6 Å². The molecular weight excluding hydrogens is 335 g/mol. The van der Waals surface area contributed by atoms with Gasteiger partial charge in [-0.1, -0.05) is 5.21 Å². The maximum Gasteiger partial charge on any atom is 0.416 e. The first-order valence-electron chi connectivity index (χ1n) is 7.61. The van der Waals surface area contributed by atoms with E-state index in [0.29, 0.717) is 30.1 Å². The maximum absolute atomic E-state index is 12.6. The number of fused-ring (bicyclic) bond motifs is 1. The van der Waals surface area contributed by atoms with Gasteiger partial charge in [-0.05, 0) is 24.3 Å². The number of nitrogens with one attached hydrogen (secondary N) is 1. The van der Waals surface area contributed by atoms with Crippen LogP contribution in [0.2, 0.25) is 0 Å². The molecule has 0 radical (unpaired) electrons. The predicted octanol–water partition coefficient (Wildman–Crippen LogP) is 2.08. The highest BCUT2D eigenvalue weighted by Crippen LogP contribution is 2.31. The topological polar surface area (TPSA) is 71.8 Å². The predicted molar refractivity (Wildman–Crippen MR) is 85.2 cm³/mol. The lowest BCUT2D eigenvalue weighted by molar-refractivity contribution is -0.137. The minimum Gasteiger partial charge on any atom is -0.367 e. The van der Waals surface area contributed by atoms with Crippen molar-refractivity contribution in [3.8, 4) is 0 Å². The first-order chi connectivity index (χ1) is 11.9. The minimum atomic E-state index is -4.31. The van der Waals surface area contributed by atoms with Crippen LogP contribution in [0.3, 0.4) is 0 Å². The lowest BCUT2D eigenvalue weighted by Crippen LogP contribution is -2.55. The number of nitrogens with zero attached hydrogens (tertiary/aromatic N) is 6. The van der Waals surface area contributed by atoms with Gasteiger partial charge in [0, 0.05) is 25.8 Å². The number of aromatic nitrogens is 5. The third-order valence-electron chi connectivity index (χ3n) is 4.17. The van der Waals surface area contributed by atoms with Crippen molar-refractivity contribution < 1.29 is 13.2 Å². The van der Waals surface area contributed by atoms with E-state index < -0.39 is 11.7 Å². The Morgan fingerprint density at radius 2 is 1.84 bits per heavy atom. The standard InChI is InChI=1S/C15H14F3N7/c1-24-14-12(22-23-24)13(19-8-20-14)21-10-6-25(7-10)11-4-2-9(3-5-11)15(16,17)18/h2-5,8,10H,6-7H2,1H3,(H,19,20,21). The van der Waals surface area contributed by atoms with Gasteiger partial charge in [0.15, 0.2) is 17.0 Å². The quantitative estimate of drug-likeness (QED) is 0.781. The number of hydrogen-bond donors (Lipinski definition) is 1. The molecule has 3 aromatic rings. The molecule has 7 nitrogen and oxygen atoms in total. The summed E-state index contributed by atoms with van der Waals surface area (Å²) in [5, 5.41) is 11.2. The molecule has 1 aromatic carbocycles. The average molecular weight is 349 g/mol. The van der Waals surface area contributed by atoms with E-state index in [0.717, 1.165) is 17.8 Å².